The van der Waals surface area contributed by atoms with Crippen molar-refractivity contribution in [1.82, 2.24) is 0 Å². The van der Waals surface area contributed by atoms with Gasteiger partial charge < -0.3 is 9.53 Å². The van der Waals surface area contributed by atoms with Crippen molar-refractivity contribution in [3.63, 3.8) is 0 Å². The highest BCUT2D eigenvalue weighted by atomic mass is 28.4. The zero-order valence-corrected chi connectivity index (χ0v) is 13.6. The number of aliphatic hydroxyl groups is 1. The van der Waals surface area contributed by atoms with Gasteiger partial charge in [-0.2, -0.15) is 0 Å². The predicted octanol–water partition coefficient (Wildman–Crippen LogP) is 3.81. The van der Waals surface area contributed by atoms with E-state index in [-0.39, 0.29) is 10.5 Å². The molecule has 0 saturated carbocycles. The molecule has 0 saturated heterocycles. The molecule has 0 aromatic heterocycles. The molecule has 0 fully saturated rings. The molecule has 0 aliphatic heterocycles. The lowest BCUT2D eigenvalue weighted by atomic mass is 9.78. The van der Waals surface area contributed by atoms with Crippen LogP contribution in [0, 0.1) is 5.41 Å². The Morgan fingerprint density at radius 3 is 1.56 bits per heavy atom. The molecule has 0 aliphatic carbocycles. The second-order valence-electron chi connectivity index (χ2n) is 7.57. The van der Waals surface area contributed by atoms with Crippen LogP contribution in [-0.4, -0.2) is 25.6 Å². The highest BCUT2D eigenvalue weighted by Crippen LogP contribution is 2.38. The number of hydrogen-bond donors (Lipinski definition) is 1. The van der Waals surface area contributed by atoms with E-state index in [0.717, 1.165) is 0 Å². The van der Waals surface area contributed by atoms with Gasteiger partial charge >= 0.3 is 0 Å². The van der Waals surface area contributed by atoms with Crippen LogP contribution in [0.15, 0.2) is 0 Å². The molecular weight excluding hydrogens is 216 g/mol. The molecule has 0 aromatic rings. The van der Waals surface area contributed by atoms with Gasteiger partial charge in [-0.1, -0.05) is 41.5 Å². The van der Waals surface area contributed by atoms with Crippen LogP contribution in [-0.2, 0) is 4.43 Å². The van der Waals surface area contributed by atoms with Crippen LogP contribution in [0.3, 0.4) is 0 Å². The van der Waals surface area contributed by atoms with E-state index in [1.54, 1.807) is 0 Å². The molecule has 0 aliphatic rings. The van der Waals surface area contributed by atoms with Gasteiger partial charge in [0.25, 0.3) is 0 Å². The maximum absolute atomic E-state index is 10.4. The summed E-state index contributed by atoms with van der Waals surface area (Å²) >= 11 is 0. The minimum atomic E-state index is -1.75. The molecule has 3 heteroatoms. The monoisotopic (exact) mass is 246 g/mol. The molecule has 0 radical (unpaired) electrons. The summed E-state index contributed by atoms with van der Waals surface area (Å²) < 4.78 is 6.07. The summed E-state index contributed by atoms with van der Waals surface area (Å²) in [5, 5.41) is 10.6. The lowest BCUT2D eigenvalue weighted by molar-refractivity contribution is -0.0756. The molecule has 0 heterocycles. The maximum atomic E-state index is 10.4. The predicted molar refractivity (Wildman–Crippen MR) is 73.2 cm³/mol. The Kier molecular flexibility index (Phi) is 4.47. The van der Waals surface area contributed by atoms with Gasteiger partial charge in [0, 0.05) is 0 Å². The first-order valence-electron chi connectivity index (χ1n) is 6.07. The molecule has 0 aromatic carbocycles. The molecule has 2 nitrogen and oxygen atoms in total. The van der Waals surface area contributed by atoms with Crippen LogP contribution in [0.5, 0.6) is 0 Å². The highest BCUT2D eigenvalue weighted by Gasteiger charge is 2.42. The standard InChI is InChI=1S/C13H30O2Si/c1-11(2,3)13(7,14)10-15-16(8,9)12(4,5)6/h14H,10H2,1-9H3/t13-/m1/s1. The van der Waals surface area contributed by atoms with Crippen molar-refractivity contribution >= 4 is 8.32 Å². The third-order valence-electron chi connectivity index (χ3n) is 4.14. The largest absolute Gasteiger partial charge is 0.414 e. The van der Waals surface area contributed by atoms with Gasteiger partial charge in [0.05, 0.1) is 12.2 Å². The van der Waals surface area contributed by atoms with E-state index in [1.165, 1.54) is 0 Å². The third kappa shape index (κ3) is 3.86. The fraction of sp³-hybridized carbons (Fsp3) is 1.00. The summed E-state index contributed by atoms with van der Waals surface area (Å²) in [6.07, 6.45) is 0. The van der Waals surface area contributed by atoms with E-state index in [9.17, 15) is 5.11 Å². The first-order valence-corrected chi connectivity index (χ1v) is 8.98. The first kappa shape index (κ1) is 16.1. The van der Waals surface area contributed by atoms with Crippen molar-refractivity contribution in [2.75, 3.05) is 6.61 Å². The number of rotatable bonds is 3. The van der Waals surface area contributed by atoms with Crippen molar-refractivity contribution in [3.8, 4) is 0 Å². The van der Waals surface area contributed by atoms with E-state index < -0.39 is 13.9 Å². The van der Waals surface area contributed by atoms with Crippen molar-refractivity contribution in [2.24, 2.45) is 5.41 Å². The van der Waals surface area contributed by atoms with Gasteiger partial charge in [-0.3, -0.25) is 0 Å². The van der Waals surface area contributed by atoms with Crippen molar-refractivity contribution in [3.05, 3.63) is 0 Å². The Bertz CT molecular complexity index is 205. The zero-order chi connectivity index (χ0) is 13.4. The Labute approximate surface area is 103 Å². The quantitative estimate of drug-likeness (QED) is 0.767. The van der Waals surface area contributed by atoms with E-state index in [4.69, 9.17) is 4.43 Å². The third-order valence-corrected chi connectivity index (χ3v) is 8.61. The Morgan fingerprint density at radius 2 is 1.31 bits per heavy atom. The zero-order valence-electron chi connectivity index (χ0n) is 12.6. The average molecular weight is 246 g/mol. The molecular formula is C13H30O2Si. The van der Waals surface area contributed by atoms with Gasteiger partial charge in [0.15, 0.2) is 8.32 Å². The second kappa shape index (κ2) is 4.43. The molecule has 16 heavy (non-hydrogen) atoms. The molecule has 1 atom stereocenters. The molecule has 98 valence electrons. The summed E-state index contributed by atoms with van der Waals surface area (Å²) in [5.74, 6) is 0. The van der Waals surface area contributed by atoms with Gasteiger partial charge in [-0.25, -0.2) is 0 Å². The lowest BCUT2D eigenvalue weighted by Gasteiger charge is -2.42. The summed E-state index contributed by atoms with van der Waals surface area (Å²) in [6, 6.07) is 0. The van der Waals surface area contributed by atoms with Crippen LogP contribution in [0.4, 0.5) is 0 Å². The molecule has 1 N–H and O–H groups in total. The van der Waals surface area contributed by atoms with Crippen LogP contribution in [0.2, 0.25) is 18.1 Å². The first-order chi connectivity index (χ1) is 6.71. The summed E-state index contributed by atoms with van der Waals surface area (Å²) in [5.41, 5.74) is -0.933. The van der Waals surface area contributed by atoms with E-state index in [1.807, 2.05) is 27.7 Å². The number of hydrogen-bond acceptors (Lipinski definition) is 2. The normalized spacial score (nSPS) is 18.4. The summed E-state index contributed by atoms with van der Waals surface area (Å²) in [4.78, 5) is 0. The highest BCUT2D eigenvalue weighted by molar-refractivity contribution is 6.74. The minimum absolute atomic E-state index is 0.157. The average Bonchev–Trinajstić information content (AvgIpc) is 1.97. The van der Waals surface area contributed by atoms with Crippen LogP contribution < -0.4 is 0 Å². The smallest absolute Gasteiger partial charge is 0.192 e. The Morgan fingerprint density at radius 1 is 0.938 bits per heavy atom. The van der Waals surface area contributed by atoms with Gasteiger partial charge in [0.1, 0.15) is 0 Å². The van der Waals surface area contributed by atoms with Crippen LogP contribution in [0.1, 0.15) is 48.5 Å². The van der Waals surface area contributed by atoms with Crippen molar-refractivity contribution in [1.29, 1.82) is 0 Å². The molecule has 0 unspecified atom stereocenters. The van der Waals surface area contributed by atoms with E-state index in [2.05, 4.69) is 33.9 Å². The van der Waals surface area contributed by atoms with Gasteiger partial charge in [-0.15, -0.1) is 0 Å². The fourth-order valence-electron chi connectivity index (χ4n) is 0.754. The van der Waals surface area contributed by atoms with Gasteiger partial charge in [0.2, 0.25) is 0 Å². The minimum Gasteiger partial charge on any atom is -0.414 e. The van der Waals surface area contributed by atoms with Crippen molar-refractivity contribution in [2.45, 2.75) is 72.2 Å². The lowest BCUT2D eigenvalue weighted by Crippen LogP contribution is -2.50. The molecule has 0 bridgehead atoms. The summed E-state index contributed by atoms with van der Waals surface area (Å²) in [6.45, 7) is 19.5. The van der Waals surface area contributed by atoms with Gasteiger partial charge in [-0.05, 0) is 30.5 Å². The maximum Gasteiger partial charge on any atom is 0.192 e. The topological polar surface area (TPSA) is 29.5 Å². The molecule has 0 amide bonds. The van der Waals surface area contributed by atoms with E-state index >= 15 is 0 Å². The fourth-order valence-corrected chi connectivity index (χ4v) is 1.83. The Hall–Kier alpha value is 0.137. The Balaban J connectivity index is 4.59. The SMILES string of the molecule is CC(C)(C)[C@](C)(O)CO[Si](C)(C)C(C)(C)C. The van der Waals surface area contributed by atoms with Crippen LogP contribution in [0.25, 0.3) is 0 Å². The molecule has 0 rings (SSSR count). The van der Waals surface area contributed by atoms with Crippen molar-refractivity contribution < 1.29 is 9.53 Å². The van der Waals surface area contributed by atoms with Crippen LogP contribution >= 0.6 is 0 Å². The molecule has 0 spiro atoms. The van der Waals surface area contributed by atoms with E-state index in [0.29, 0.717) is 6.61 Å². The summed E-state index contributed by atoms with van der Waals surface area (Å²) in [7, 11) is -1.75. The second-order valence-corrected chi connectivity index (χ2v) is 12.4.